The van der Waals surface area contributed by atoms with Crippen molar-refractivity contribution >= 4 is 23.1 Å². The third-order valence-electron chi connectivity index (χ3n) is 3.55. The number of rotatable bonds is 2. The van der Waals surface area contributed by atoms with Crippen molar-refractivity contribution in [2.24, 2.45) is 10.9 Å². The van der Waals surface area contributed by atoms with Crippen LogP contribution in [0.25, 0.3) is 0 Å². The number of nitrogens with two attached hydrogens (primary N) is 1. The van der Waals surface area contributed by atoms with Crippen LogP contribution in [0, 0.1) is 0 Å². The Balaban J connectivity index is 2.19. The first-order chi connectivity index (χ1) is 9.22. The molecule has 0 radical (unpaired) electrons. The van der Waals surface area contributed by atoms with Gasteiger partial charge >= 0.3 is 0 Å². The zero-order valence-electron chi connectivity index (χ0n) is 11.0. The summed E-state index contributed by atoms with van der Waals surface area (Å²) >= 11 is 6.32. The number of amidine groups is 1. The Labute approximate surface area is 118 Å². The molecule has 0 bridgehead atoms. The van der Waals surface area contributed by atoms with E-state index in [2.05, 4.69) is 10.1 Å². The zero-order valence-corrected chi connectivity index (χ0v) is 11.7. The number of nitrogens with zero attached hydrogens (tertiary/aromatic N) is 2. The van der Waals surface area contributed by atoms with Crippen molar-refractivity contribution in [2.75, 3.05) is 18.0 Å². The molecule has 1 aliphatic heterocycles. The predicted molar refractivity (Wildman–Crippen MR) is 79.3 cm³/mol. The zero-order chi connectivity index (χ0) is 13.7. The standard InChI is InChI=1S/C14H20ClN3O/c15-12-10-11(14(16)17-19)6-7-13(12)18-8-4-2-1-3-5-9-18/h6-7,10,19H,1-5,8-9H2,(H2,16,17). The van der Waals surface area contributed by atoms with E-state index >= 15 is 0 Å². The summed E-state index contributed by atoms with van der Waals surface area (Å²) in [6, 6.07) is 5.55. The molecule has 0 aromatic heterocycles. The molecule has 1 aromatic rings. The molecule has 0 atom stereocenters. The summed E-state index contributed by atoms with van der Waals surface area (Å²) in [5, 5.41) is 12.3. The first-order valence-electron chi connectivity index (χ1n) is 6.75. The molecule has 1 heterocycles. The third kappa shape index (κ3) is 3.53. The third-order valence-corrected chi connectivity index (χ3v) is 3.85. The van der Waals surface area contributed by atoms with Crippen LogP contribution in [0.5, 0.6) is 0 Å². The van der Waals surface area contributed by atoms with Gasteiger partial charge in [-0.05, 0) is 31.0 Å². The molecule has 0 aliphatic carbocycles. The van der Waals surface area contributed by atoms with Crippen molar-refractivity contribution in [3.63, 3.8) is 0 Å². The largest absolute Gasteiger partial charge is 0.409 e. The summed E-state index contributed by atoms with van der Waals surface area (Å²) in [6.07, 6.45) is 6.33. The van der Waals surface area contributed by atoms with Crippen LogP contribution in [0.15, 0.2) is 23.4 Å². The Kier molecular flexibility index (Phi) is 4.91. The second-order valence-corrected chi connectivity index (χ2v) is 5.31. The van der Waals surface area contributed by atoms with Gasteiger partial charge in [-0.15, -0.1) is 0 Å². The number of oxime groups is 1. The van der Waals surface area contributed by atoms with Gasteiger partial charge in [0.25, 0.3) is 0 Å². The van der Waals surface area contributed by atoms with Gasteiger partial charge in [0, 0.05) is 18.7 Å². The molecule has 0 unspecified atom stereocenters. The van der Waals surface area contributed by atoms with E-state index < -0.39 is 0 Å². The first-order valence-corrected chi connectivity index (χ1v) is 7.12. The van der Waals surface area contributed by atoms with Gasteiger partial charge in [-0.2, -0.15) is 0 Å². The predicted octanol–water partition coefficient (Wildman–Crippen LogP) is 3.21. The number of hydrogen-bond donors (Lipinski definition) is 2. The van der Waals surface area contributed by atoms with Gasteiger partial charge in [0.2, 0.25) is 0 Å². The van der Waals surface area contributed by atoms with Crippen LogP contribution in [-0.2, 0) is 0 Å². The minimum Gasteiger partial charge on any atom is -0.409 e. The molecular weight excluding hydrogens is 262 g/mol. The molecule has 3 N–H and O–H groups in total. The van der Waals surface area contributed by atoms with Crippen LogP contribution in [0.2, 0.25) is 5.02 Å². The van der Waals surface area contributed by atoms with E-state index in [4.69, 9.17) is 22.5 Å². The normalized spacial score (nSPS) is 17.9. The van der Waals surface area contributed by atoms with Crippen LogP contribution in [-0.4, -0.2) is 24.1 Å². The van der Waals surface area contributed by atoms with E-state index in [-0.39, 0.29) is 5.84 Å². The summed E-state index contributed by atoms with van der Waals surface area (Å²) in [7, 11) is 0. The maximum Gasteiger partial charge on any atom is 0.170 e. The van der Waals surface area contributed by atoms with Crippen LogP contribution < -0.4 is 10.6 Å². The van der Waals surface area contributed by atoms with Gasteiger partial charge in [0.05, 0.1) is 10.7 Å². The molecule has 104 valence electrons. The number of benzene rings is 1. The van der Waals surface area contributed by atoms with E-state index in [0.29, 0.717) is 10.6 Å². The first kappa shape index (κ1) is 14.0. The lowest BCUT2D eigenvalue weighted by Crippen LogP contribution is -2.27. The van der Waals surface area contributed by atoms with Crippen molar-refractivity contribution in [1.82, 2.24) is 0 Å². The Morgan fingerprint density at radius 1 is 1.16 bits per heavy atom. The highest BCUT2D eigenvalue weighted by Gasteiger charge is 2.13. The summed E-state index contributed by atoms with van der Waals surface area (Å²) in [6.45, 7) is 2.09. The van der Waals surface area contributed by atoms with Gasteiger partial charge in [0.1, 0.15) is 0 Å². The van der Waals surface area contributed by atoms with E-state index in [9.17, 15) is 0 Å². The lowest BCUT2D eigenvalue weighted by atomic mass is 10.1. The second-order valence-electron chi connectivity index (χ2n) is 4.91. The fraction of sp³-hybridized carbons (Fsp3) is 0.500. The maximum atomic E-state index is 8.68. The van der Waals surface area contributed by atoms with E-state index in [1.54, 1.807) is 6.07 Å². The molecule has 4 nitrogen and oxygen atoms in total. The monoisotopic (exact) mass is 281 g/mol. The highest BCUT2D eigenvalue weighted by Crippen LogP contribution is 2.28. The lowest BCUT2D eigenvalue weighted by molar-refractivity contribution is 0.318. The number of hydrogen-bond acceptors (Lipinski definition) is 3. The summed E-state index contributed by atoms with van der Waals surface area (Å²) < 4.78 is 0. The number of halogens is 1. The second kappa shape index (κ2) is 6.66. The molecule has 1 fully saturated rings. The average Bonchev–Trinajstić information content (AvgIpc) is 2.38. The van der Waals surface area contributed by atoms with Crippen molar-refractivity contribution in [3.05, 3.63) is 28.8 Å². The summed E-state index contributed by atoms with van der Waals surface area (Å²) in [4.78, 5) is 2.33. The SMILES string of the molecule is NC(=NO)c1ccc(N2CCCCCCC2)c(Cl)c1. The minimum atomic E-state index is 0.0844. The summed E-state index contributed by atoms with van der Waals surface area (Å²) in [5.41, 5.74) is 7.25. The smallest absolute Gasteiger partial charge is 0.170 e. The molecule has 0 saturated carbocycles. The molecule has 1 aliphatic rings. The van der Waals surface area contributed by atoms with E-state index in [0.717, 1.165) is 18.8 Å². The molecule has 2 rings (SSSR count). The Morgan fingerprint density at radius 2 is 1.79 bits per heavy atom. The molecule has 1 saturated heterocycles. The van der Waals surface area contributed by atoms with Crippen LogP contribution in [0.4, 0.5) is 5.69 Å². The molecule has 0 spiro atoms. The highest BCUT2D eigenvalue weighted by atomic mass is 35.5. The van der Waals surface area contributed by atoms with Gasteiger partial charge < -0.3 is 15.8 Å². The highest BCUT2D eigenvalue weighted by molar-refractivity contribution is 6.33. The minimum absolute atomic E-state index is 0.0844. The van der Waals surface area contributed by atoms with Gasteiger partial charge in [-0.25, -0.2) is 0 Å². The molecular formula is C14H20ClN3O. The summed E-state index contributed by atoms with van der Waals surface area (Å²) in [5.74, 6) is 0.0844. The Hall–Kier alpha value is -1.42. The van der Waals surface area contributed by atoms with E-state index in [1.807, 2.05) is 12.1 Å². The van der Waals surface area contributed by atoms with Crippen molar-refractivity contribution in [1.29, 1.82) is 0 Å². The number of anilines is 1. The molecule has 5 heteroatoms. The molecule has 0 amide bonds. The topological polar surface area (TPSA) is 61.9 Å². The Morgan fingerprint density at radius 3 is 2.37 bits per heavy atom. The van der Waals surface area contributed by atoms with Gasteiger partial charge in [0.15, 0.2) is 5.84 Å². The average molecular weight is 282 g/mol. The van der Waals surface area contributed by atoms with Crippen LogP contribution in [0.1, 0.15) is 37.7 Å². The quantitative estimate of drug-likeness (QED) is 0.379. The molecule has 19 heavy (non-hydrogen) atoms. The van der Waals surface area contributed by atoms with Gasteiger partial charge in [-0.1, -0.05) is 36.0 Å². The van der Waals surface area contributed by atoms with Crippen molar-refractivity contribution in [3.8, 4) is 0 Å². The van der Waals surface area contributed by atoms with Gasteiger partial charge in [-0.3, -0.25) is 0 Å². The fourth-order valence-electron chi connectivity index (χ4n) is 2.47. The van der Waals surface area contributed by atoms with Crippen LogP contribution >= 0.6 is 11.6 Å². The maximum absolute atomic E-state index is 8.68. The van der Waals surface area contributed by atoms with Crippen LogP contribution in [0.3, 0.4) is 0 Å². The van der Waals surface area contributed by atoms with Crippen molar-refractivity contribution in [2.45, 2.75) is 32.1 Å². The Bertz CT molecular complexity index is 454. The molecule has 1 aromatic carbocycles. The fourth-order valence-corrected chi connectivity index (χ4v) is 2.77. The lowest BCUT2D eigenvalue weighted by Gasteiger charge is -2.27. The van der Waals surface area contributed by atoms with Crippen molar-refractivity contribution < 1.29 is 5.21 Å². The van der Waals surface area contributed by atoms with E-state index in [1.165, 1.54) is 32.1 Å².